The fourth-order valence-electron chi connectivity index (χ4n) is 3.78. The second kappa shape index (κ2) is 5.55. The minimum atomic E-state index is -3.01. The molecule has 2 heterocycles. The molecule has 0 amide bonds. The minimum Gasteiger partial charge on any atom is -0.375 e. The summed E-state index contributed by atoms with van der Waals surface area (Å²) in [7, 11) is -3.01. The molecule has 0 aromatic heterocycles. The number of ether oxygens (including phenoxy) is 1. The van der Waals surface area contributed by atoms with Gasteiger partial charge in [0.25, 0.3) is 0 Å². The van der Waals surface area contributed by atoms with Gasteiger partial charge >= 0.3 is 0 Å². The van der Waals surface area contributed by atoms with Gasteiger partial charge in [-0.3, -0.25) is 0 Å². The molecular formula is C14H26N2O3S. The van der Waals surface area contributed by atoms with Crippen molar-refractivity contribution in [1.82, 2.24) is 9.62 Å². The van der Waals surface area contributed by atoms with Crippen LogP contribution >= 0.6 is 0 Å². The molecule has 0 aromatic carbocycles. The molecule has 3 fully saturated rings. The van der Waals surface area contributed by atoms with E-state index in [-0.39, 0.29) is 5.60 Å². The maximum atomic E-state index is 11.5. The van der Waals surface area contributed by atoms with Gasteiger partial charge in [-0.2, -0.15) is 0 Å². The molecule has 2 saturated heterocycles. The van der Waals surface area contributed by atoms with Crippen LogP contribution in [0, 0.1) is 0 Å². The van der Waals surface area contributed by atoms with Gasteiger partial charge in [-0.15, -0.1) is 0 Å². The summed E-state index contributed by atoms with van der Waals surface area (Å²) < 4.78 is 30.6. The second-order valence-corrected chi connectivity index (χ2v) is 8.66. The summed E-state index contributed by atoms with van der Waals surface area (Å²) in [4.78, 5) is 0. The van der Waals surface area contributed by atoms with E-state index in [4.69, 9.17) is 4.74 Å². The van der Waals surface area contributed by atoms with E-state index >= 15 is 0 Å². The van der Waals surface area contributed by atoms with Crippen LogP contribution in [0.4, 0.5) is 0 Å². The average Bonchev–Trinajstić information content (AvgIpc) is 2.37. The highest BCUT2D eigenvalue weighted by atomic mass is 32.2. The van der Waals surface area contributed by atoms with Crippen LogP contribution in [0.3, 0.4) is 0 Å². The van der Waals surface area contributed by atoms with Gasteiger partial charge < -0.3 is 10.1 Å². The first-order chi connectivity index (χ1) is 9.47. The van der Waals surface area contributed by atoms with Gasteiger partial charge in [0, 0.05) is 31.8 Å². The highest BCUT2D eigenvalue weighted by Gasteiger charge is 2.43. The third-order valence-electron chi connectivity index (χ3n) is 5.15. The molecule has 5 nitrogen and oxygen atoms in total. The monoisotopic (exact) mass is 302 g/mol. The summed E-state index contributed by atoms with van der Waals surface area (Å²) in [5.74, 6) is 0. The summed E-state index contributed by atoms with van der Waals surface area (Å²) in [6, 6.07) is 1.02. The summed E-state index contributed by atoms with van der Waals surface area (Å²) in [5, 5.41) is 3.75. The number of hydrogen-bond donors (Lipinski definition) is 1. The van der Waals surface area contributed by atoms with E-state index in [0.717, 1.165) is 32.3 Å². The van der Waals surface area contributed by atoms with E-state index in [2.05, 4.69) is 5.32 Å². The molecule has 1 atom stereocenters. The van der Waals surface area contributed by atoms with Crippen LogP contribution in [0.25, 0.3) is 0 Å². The molecule has 1 aliphatic carbocycles. The Morgan fingerprint density at radius 1 is 1.15 bits per heavy atom. The Kier molecular flexibility index (Phi) is 4.10. The lowest BCUT2D eigenvalue weighted by Crippen LogP contribution is -2.54. The van der Waals surface area contributed by atoms with E-state index < -0.39 is 10.0 Å². The quantitative estimate of drug-likeness (QED) is 0.848. The van der Waals surface area contributed by atoms with Crippen LogP contribution in [-0.2, 0) is 14.8 Å². The fourth-order valence-corrected chi connectivity index (χ4v) is 4.65. The van der Waals surface area contributed by atoms with Crippen molar-refractivity contribution in [3.8, 4) is 0 Å². The average molecular weight is 302 g/mol. The molecule has 6 heteroatoms. The van der Waals surface area contributed by atoms with Crippen LogP contribution in [0.2, 0.25) is 0 Å². The molecular weight excluding hydrogens is 276 g/mol. The molecule has 116 valence electrons. The summed E-state index contributed by atoms with van der Waals surface area (Å²) in [6.07, 6.45) is 9.14. The zero-order valence-corrected chi connectivity index (χ0v) is 13.1. The second-order valence-electron chi connectivity index (χ2n) is 6.68. The van der Waals surface area contributed by atoms with Crippen LogP contribution in [-0.4, -0.2) is 56.4 Å². The Morgan fingerprint density at radius 2 is 1.85 bits per heavy atom. The van der Waals surface area contributed by atoms with Crippen LogP contribution < -0.4 is 5.32 Å². The SMILES string of the molecule is CS(=O)(=O)N1CCC(NC2CCOC3(CCC3)C2)CC1. The van der Waals surface area contributed by atoms with Gasteiger partial charge in [-0.05, 0) is 44.9 Å². The number of nitrogens with one attached hydrogen (secondary N) is 1. The lowest BCUT2D eigenvalue weighted by atomic mass is 9.74. The molecule has 1 spiro atoms. The van der Waals surface area contributed by atoms with Crippen molar-refractivity contribution in [2.45, 2.75) is 62.6 Å². The lowest BCUT2D eigenvalue weighted by molar-refractivity contribution is -0.136. The highest BCUT2D eigenvalue weighted by molar-refractivity contribution is 7.88. The molecule has 0 radical (unpaired) electrons. The zero-order valence-electron chi connectivity index (χ0n) is 12.3. The van der Waals surface area contributed by atoms with Gasteiger partial charge in [-0.1, -0.05) is 0 Å². The van der Waals surface area contributed by atoms with E-state index in [1.807, 2.05) is 0 Å². The van der Waals surface area contributed by atoms with Gasteiger partial charge in [0.1, 0.15) is 0 Å². The van der Waals surface area contributed by atoms with E-state index in [9.17, 15) is 8.42 Å². The van der Waals surface area contributed by atoms with Crippen LogP contribution in [0.5, 0.6) is 0 Å². The Balaban J connectivity index is 1.47. The summed E-state index contributed by atoms with van der Waals surface area (Å²) in [5.41, 5.74) is 0.184. The molecule has 1 saturated carbocycles. The third kappa shape index (κ3) is 3.18. The van der Waals surface area contributed by atoms with E-state index in [1.54, 1.807) is 4.31 Å². The van der Waals surface area contributed by atoms with E-state index in [1.165, 1.54) is 25.5 Å². The van der Waals surface area contributed by atoms with Crippen molar-refractivity contribution < 1.29 is 13.2 Å². The van der Waals surface area contributed by atoms with Crippen molar-refractivity contribution >= 4 is 10.0 Å². The first kappa shape index (κ1) is 14.8. The topological polar surface area (TPSA) is 58.6 Å². The molecule has 0 aromatic rings. The maximum absolute atomic E-state index is 11.5. The fraction of sp³-hybridized carbons (Fsp3) is 1.00. The number of rotatable bonds is 3. The number of piperidine rings is 1. The van der Waals surface area contributed by atoms with E-state index in [0.29, 0.717) is 25.2 Å². The standard InChI is InChI=1S/C14H26N2O3S/c1-20(17,18)16-8-3-12(4-9-16)15-13-5-10-19-14(11-13)6-2-7-14/h12-13,15H,2-11H2,1H3. The normalized spacial score (nSPS) is 32.1. The molecule has 2 aliphatic heterocycles. The number of nitrogens with zero attached hydrogens (tertiary/aromatic N) is 1. The Morgan fingerprint density at radius 3 is 2.40 bits per heavy atom. The van der Waals surface area contributed by atoms with Crippen molar-refractivity contribution in [3.63, 3.8) is 0 Å². The number of hydrogen-bond acceptors (Lipinski definition) is 4. The predicted octanol–water partition coefficient (Wildman–Crippen LogP) is 1.10. The molecule has 3 rings (SSSR count). The lowest BCUT2D eigenvalue weighted by Gasteiger charge is -2.48. The van der Waals surface area contributed by atoms with Gasteiger partial charge in [0.2, 0.25) is 10.0 Å². The van der Waals surface area contributed by atoms with Crippen LogP contribution in [0.1, 0.15) is 44.9 Å². The molecule has 1 N–H and O–H groups in total. The molecule has 3 aliphatic rings. The molecule has 20 heavy (non-hydrogen) atoms. The first-order valence-corrected chi connectivity index (χ1v) is 9.67. The Hall–Kier alpha value is -0.170. The van der Waals surface area contributed by atoms with Crippen molar-refractivity contribution in [1.29, 1.82) is 0 Å². The molecule has 1 unspecified atom stereocenters. The minimum absolute atomic E-state index is 0.184. The Labute approximate surface area is 122 Å². The summed E-state index contributed by atoms with van der Waals surface area (Å²) >= 11 is 0. The van der Waals surface area contributed by atoms with Gasteiger partial charge in [-0.25, -0.2) is 12.7 Å². The predicted molar refractivity (Wildman–Crippen MR) is 78.1 cm³/mol. The maximum Gasteiger partial charge on any atom is 0.211 e. The third-order valence-corrected chi connectivity index (χ3v) is 6.46. The van der Waals surface area contributed by atoms with Crippen molar-refractivity contribution in [3.05, 3.63) is 0 Å². The smallest absolute Gasteiger partial charge is 0.211 e. The van der Waals surface area contributed by atoms with Gasteiger partial charge in [0.05, 0.1) is 11.9 Å². The summed E-state index contributed by atoms with van der Waals surface area (Å²) in [6.45, 7) is 2.19. The Bertz CT molecular complexity index is 439. The molecule has 0 bridgehead atoms. The van der Waals surface area contributed by atoms with Crippen molar-refractivity contribution in [2.24, 2.45) is 0 Å². The highest BCUT2D eigenvalue weighted by Crippen LogP contribution is 2.42. The zero-order chi connectivity index (χ0) is 14.2. The van der Waals surface area contributed by atoms with Gasteiger partial charge in [0.15, 0.2) is 0 Å². The number of sulfonamides is 1. The largest absolute Gasteiger partial charge is 0.375 e. The van der Waals surface area contributed by atoms with Crippen molar-refractivity contribution in [2.75, 3.05) is 26.0 Å². The van der Waals surface area contributed by atoms with Crippen LogP contribution in [0.15, 0.2) is 0 Å². The first-order valence-electron chi connectivity index (χ1n) is 7.82.